The van der Waals surface area contributed by atoms with Crippen LogP contribution in [0.15, 0.2) is 0 Å². The Morgan fingerprint density at radius 2 is 1.71 bits per heavy atom. The maximum atomic E-state index is 12.1. The van der Waals surface area contributed by atoms with Crippen molar-refractivity contribution in [2.45, 2.75) is 70.5 Å². The molecular weight excluding hydrogens is 292 g/mol. The van der Waals surface area contributed by atoms with E-state index < -0.39 is 5.97 Å². The van der Waals surface area contributed by atoms with Gasteiger partial charge in [0.15, 0.2) is 0 Å². The maximum absolute atomic E-state index is 12.1. The minimum absolute atomic E-state index is 0. The van der Waals surface area contributed by atoms with E-state index in [0.29, 0.717) is 18.6 Å². The minimum Gasteiger partial charge on any atom is -0.481 e. The molecule has 2 bridgehead atoms. The highest BCUT2D eigenvalue weighted by molar-refractivity contribution is 5.85. The van der Waals surface area contributed by atoms with Crippen molar-refractivity contribution in [1.29, 1.82) is 0 Å². The van der Waals surface area contributed by atoms with E-state index in [9.17, 15) is 9.59 Å². The molecule has 0 aromatic carbocycles. The lowest BCUT2D eigenvalue weighted by atomic mass is 9.88. The van der Waals surface area contributed by atoms with Crippen molar-refractivity contribution in [2.24, 2.45) is 5.92 Å². The molecule has 2 fully saturated rings. The van der Waals surface area contributed by atoms with Gasteiger partial charge in [0, 0.05) is 24.0 Å². The summed E-state index contributed by atoms with van der Waals surface area (Å²) in [5.74, 6) is -0.341. The molecule has 0 aliphatic carbocycles. The molecule has 0 saturated carbocycles. The quantitative estimate of drug-likeness (QED) is 0.832. The number of piperidine rings is 1. The molecule has 2 aliphatic heterocycles. The van der Waals surface area contributed by atoms with Gasteiger partial charge in [0.2, 0.25) is 5.91 Å². The van der Waals surface area contributed by atoms with Crippen LogP contribution in [0.4, 0.5) is 0 Å². The lowest BCUT2D eigenvalue weighted by Crippen LogP contribution is -2.51. The summed E-state index contributed by atoms with van der Waals surface area (Å²) in [7, 11) is 0. The Bertz CT molecular complexity index is 381. The van der Waals surface area contributed by atoms with Crippen molar-refractivity contribution in [1.82, 2.24) is 10.2 Å². The number of fused-ring (bicyclic) bond motifs is 2. The van der Waals surface area contributed by atoms with E-state index in [2.05, 4.69) is 10.2 Å². The first kappa shape index (κ1) is 18.2. The topological polar surface area (TPSA) is 69.6 Å². The number of hydrogen-bond acceptors (Lipinski definition) is 3. The third kappa shape index (κ3) is 5.15. The number of hydrogen-bond donors (Lipinski definition) is 2. The number of nitrogens with zero attached hydrogens (tertiary/aromatic N) is 1. The Morgan fingerprint density at radius 1 is 1.19 bits per heavy atom. The van der Waals surface area contributed by atoms with Crippen molar-refractivity contribution < 1.29 is 14.7 Å². The second-order valence-corrected chi connectivity index (χ2v) is 7.29. The standard InChI is InChI=1S/C15H26N2O3.ClH/c1-15(2,3)16-13(18)9-17-11-4-5-12(17)7-10(6-11)8-14(19)20;/h10-12H,4-9H2,1-3H3,(H,16,18)(H,19,20);1H/t10-,11-,12+;. The summed E-state index contributed by atoms with van der Waals surface area (Å²) in [6.45, 7) is 6.40. The number of carbonyl (C=O) groups is 2. The Labute approximate surface area is 132 Å². The van der Waals surface area contributed by atoms with Gasteiger partial charge in [-0.25, -0.2) is 0 Å². The number of halogens is 1. The van der Waals surface area contributed by atoms with Crippen LogP contribution < -0.4 is 5.32 Å². The van der Waals surface area contributed by atoms with Crippen LogP contribution in [0, 0.1) is 5.92 Å². The van der Waals surface area contributed by atoms with Gasteiger partial charge >= 0.3 is 5.97 Å². The highest BCUT2D eigenvalue weighted by atomic mass is 35.5. The molecule has 2 rings (SSSR count). The average molecular weight is 319 g/mol. The molecule has 2 saturated heterocycles. The minimum atomic E-state index is -0.701. The van der Waals surface area contributed by atoms with Crippen molar-refractivity contribution >= 4 is 24.3 Å². The average Bonchev–Trinajstić information content (AvgIpc) is 2.51. The Balaban J connectivity index is 0.00000220. The molecule has 5 nitrogen and oxygen atoms in total. The Kier molecular flexibility index (Phi) is 6.05. The third-order valence-corrected chi connectivity index (χ3v) is 4.29. The van der Waals surface area contributed by atoms with Crippen LogP contribution in [0.1, 0.15) is 52.9 Å². The van der Waals surface area contributed by atoms with Crippen LogP contribution in [-0.4, -0.2) is 46.1 Å². The molecule has 2 aliphatic rings. The number of rotatable bonds is 4. The van der Waals surface area contributed by atoms with E-state index in [1.54, 1.807) is 0 Å². The first-order valence-corrected chi connectivity index (χ1v) is 7.53. The van der Waals surface area contributed by atoms with Crippen LogP contribution in [0.5, 0.6) is 0 Å². The molecule has 3 atom stereocenters. The lowest BCUT2D eigenvalue weighted by molar-refractivity contribution is -0.139. The number of aliphatic carboxylic acids is 1. The van der Waals surface area contributed by atoms with Crippen LogP contribution in [0.3, 0.4) is 0 Å². The first-order valence-electron chi connectivity index (χ1n) is 7.53. The number of carboxylic acid groups (broad SMARTS) is 1. The Hall–Kier alpha value is -0.810. The second-order valence-electron chi connectivity index (χ2n) is 7.29. The van der Waals surface area contributed by atoms with Gasteiger partial charge in [0.1, 0.15) is 0 Å². The zero-order valence-corrected chi connectivity index (χ0v) is 13.9. The highest BCUT2D eigenvalue weighted by Gasteiger charge is 2.41. The summed E-state index contributed by atoms with van der Waals surface area (Å²) in [4.78, 5) is 25.2. The fourth-order valence-electron chi connectivity index (χ4n) is 3.68. The molecular formula is C15H27ClN2O3. The van der Waals surface area contributed by atoms with Crippen molar-refractivity contribution in [3.63, 3.8) is 0 Å². The summed E-state index contributed by atoms with van der Waals surface area (Å²) < 4.78 is 0. The van der Waals surface area contributed by atoms with Gasteiger partial charge < -0.3 is 10.4 Å². The van der Waals surface area contributed by atoms with E-state index in [1.807, 2.05) is 20.8 Å². The summed E-state index contributed by atoms with van der Waals surface area (Å²) in [5, 5.41) is 11.9. The number of amides is 1. The van der Waals surface area contributed by atoms with Crippen LogP contribution in [0.2, 0.25) is 0 Å². The predicted molar refractivity (Wildman–Crippen MR) is 83.6 cm³/mol. The fourth-order valence-corrected chi connectivity index (χ4v) is 3.68. The summed E-state index contributed by atoms with van der Waals surface area (Å²) in [6, 6.07) is 0.785. The first-order chi connectivity index (χ1) is 9.24. The molecule has 21 heavy (non-hydrogen) atoms. The maximum Gasteiger partial charge on any atom is 0.303 e. The SMILES string of the molecule is CC(C)(C)NC(=O)CN1[C@@H]2CC[C@H]1C[C@H](CC(=O)O)C2.Cl. The summed E-state index contributed by atoms with van der Waals surface area (Å²) in [5.41, 5.74) is -0.197. The smallest absolute Gasteiger partial charge is 0.303 e. The third-order valence-electron chi connectivity index (χ3n) is 4.29. The van der Waals surface area contributed by atoms with Gasteiger partial charge in [-0.1, -0.05) is 0 Å². The largest absolute Gasteiger partial charge is 0.481 e. The normalized spacial score (nSPS) is 28.8. The second kappa shape index (κ2) is 6.97. The van der Waals surface area contributed by atoms with Crippen LogP contribution >= 0.6 is 12.4 Å². The monoisotopic (exact) mass is 318 g/mol. The van der Waals surface area contributed by atoms with E-state index in [-0.39, 0.29) is 36.2 Å². The molecule has 2 N–H and O–H groups in total. The van der Waals surface area contributed by atoms with Crippen LogP contribution in [-0.2, 0) is 9.59 Å². The number of nitrogens with one attached hydrogen (secondary N) is 1. The van der Waals surface area contributed by atoms with Gasteiger partial charge in [-0.2, -0.15) is 0 Å². The Morgan fingerprint density at radius 3 is 2.14 bits per heavy atom. The molecule has 1 amide bonds. The van der Waals surface area contributed by atoms with E-state index in [4.69, 9.17) is 5.11 Å². The van der Waals surface area contributed by atoms with E-state index in [1.165, 1.54) is 0 Å². The highest BCUT2D eigenvalue weighted by Crippen LogP contribution is 2.39. The van der Waals surface area contributed by atoms with Gasteiger partial charge in [0.25, 0.3) is 0 Å². The number of carbonyl (C=O) groups excluding carboxylic acids is 1. The molecule has 0 aromatic rings. The molecule has 0 radical (unpaired) electrons. The van der Waals surface area contributed by atoms with Gasteiger partial charge in [-0.15, -0.1) is 12.4 Å². The van der Waals surface area contributed by atoms with Gasteiger partial charge in [-0.3, -0.25) is 14.5 Å². The number of carboxylic acids is 1. The van der Waals surface area contributed by atoms with E-state index >= 15 is 0 Å². The predicted octanol–water partition coefficient (Wildman–Crippen LogP) is 2.04. The fraction of sp³-hybridized carbons (Fsp3) is 0.867. The molecule has 0 unspecified atom stereocenters. The van der Waals surface area contributed by atoms with E-state index in [0.717, 1.165) is 25.7 Å². The van der Waals surface area contributed by atoms with Gasteiger partial charge in [-0.05, 0) is 52.4 Å². The zero-order chi connectivity index (χ0) is 14.9. The lowest BCUT2D eigenvalue weighted by Gasteiger charge is -2.38. The summed E-state index contributed by atoms with van der Waals surface area (Å²) in [6.07, 6.45) is 4.32. The van der Waals surface area contributed by atoms with Crippen molar-refractivity contribution in [3.8, 4) is 0 Å². The molecule has 122 valence electrons. The molecule has 2 heterocycles. The summed E-state index contributed by atoms with van der Waals surface area (Å²) >= 11 is 0. The van der Waals surface area contributed by atoms with Crippen molar-refractivity contribution in [3.05, 3.63) is 0 Å². The van der Waals surface area contributed by atoms with Gasteiger partial charge in [0.05, 0.1) is 6.54 Å². The van der Waals surface area contributed by atoms with Crippen LogP contribution in [0.25, 0.3) is 0 Å². The molecule has 6 heteroatoms. The zero-order valence-electron chi connectivity index (χ0n) is 13.1. The molecule has 0 aromatic heterocycles. The van der Waals surface area contributed by atoms with Crippen molar-refractivity contribution in [2.75, 3.05) is 6.54 Å². The molecule has 0 spiro atoms.